The SMILES string of the molecule is CCN(C(=S)S)c1cccc2ccccc12. The van der Waals surface area contributed by atoms with E-state index in [0.717, 1.165) is 12.2 Å². The standard InChI is InChI=1S/C13H13NS2/c1-2-14(13(15)16)12-9-5-7-10-6-3-4-8-11(10)12/h3-9H,2H2,1H3,(H,15,16). The van der Waals surface area contributed by atoms with Crippen LogP contribution in [0.5, 0.6) is 0 Å². The summed E-state index contributed by atoms with van der Waals surface area (Å²) in [4.78, 5) is 2.03. The van der Waals surface area contributed by atoms with Gasteiger partial charge >= 0.3 is 0 Å². The predicted octanol–water partition coefficient (Wildman–Crippen LogP) is 3.88. The molecule has 2 rings (SSSR count). The first-order chi connectivity index (χ1) is 7.74. The highest BCUT2D eigenvalue weighted by atomic mass is 32.1. The maximum atomic E-state index is 5.15. The van der Waals surface area contributed by atoms with Gasteiger partial charge in [-0.05, 0) is 18.4 Å². The van der Waals surface area contributed by atoms with Crippen LogP contribution in [0.4, 0.5) is 5.69 Å². The molecule has 0 N–H and O–H groups in total. The van der Waals surface area contributed by atoms with Gasteiger partial charge in [0.1, 0.15) is 4.32 Å². The summed E-state index contributed by atoms with van der Waals surface area (Å²) in [5.74, 6) is 0. The minimum atomic E-state index is 0.610. The first-order valence-corrected chi connectivity index (χ1v) is 6.08. The summed E-state index contributed by atoms with van der Waals surface area (Å²) in [5.41, 5.74) is 1.13. The van der Waals surface area contributed by atoms with E-state index in [1.807, 2.05) is 23.1 Å². The number of rotatable bonds is 2. The van der Waals surface area contributed by atoms with Gasteiger partial charge in [0, 0.05) is 11.9 Å². The molecule has 82 valence electrons. The zero-order valence-electron chi connectivity index (χ0n) is 9.05. The molecule has 0 saturated carbocycles. The van der Waals surface area contributed by atoms with Crippen molar-refractivity contribution in [2.24, 2.45) is 0 Å². The normalized spacial score (nSPS) is 10.4. The lowest BCUT2D eigenvalue weighted by atomic mass is 10.1. The molecule has 0 spiro atoms. The van der Waals surface area contributed by atoms with Crippen LogP contribution >= 0.6 is 24.8 Å². The summed E-state index contributed by atoms with van der Waals surface area (Å²) in [6.07, 6.45) is 0. The van der Waals surface area contributed by atoms with E-state index in [1.165, 1.54) is 10.8 Å². The van der Waals surface area contributed by atoms with Gasteiger partial charge < -0.3 is 4.90 Å². The molecule has 2 aromatic rings. The topological polar surface area (TPSA) is 3.24 Å². The van der Waals surface area contributed by atoms with Crippen LogP contribution < -0.4 is 4.90 Å². The Kier molecular flexibility index (Phi) is 3.46. The Morgan fingerprint density at radius 1 is 1.19 bits per heavy atom. The Hall–Kier alpha value is -1.06. The average molecular weight is 247 g/mol. The van der Waals surface area contributed by atoms with Crippen molar-refractivity contribution < 1.29 is 0 Å². The Labute approximate surface area is 106 Å². The third-order valence-electron chi connectivity index (χ3n) is 2.60. The number of fused-ring (bicyclic) bond motifs is 1. The molecule has 0 amide bonds. The summed E-state index contributed by atoms with van der Waals surface area (Å²) < 4.78 is 0.610. The first-order valence-electron chi connectivity index (χ1n) is 5.22. The van der Waals surface area contributed by atoms with Crippen molar-refractivity contribution in [3.63, 3.8) is 0 Å². The van der Waals surface area contributed by atoms with E-state index in [9.17, 15) is 0 Å². The molecule has 0 radical (unpaired) electrons. The monoisotopic (exact) mass is 247 g/mol. The lowest BCUT2D eigenvalue weighted by molar-refractivity contribution is 1.09. The fourth-order valence-electron chi connectivity index (χ4n) is 1.85. The van der Waals surface area contributed by atoms with E-state index in [-0.39, 0.29) is 0 Å². The maximum absolute atomic E-state index is 5.15. The molecule has 0 unspecified atom stereocenters. The fraction of sp³-hybridized carbons (Fsp3) is 0.154. The maximum Gasteiger partial charge on any atom is 0.137 e. The van der Waals surface area contributed by atoms with Crippen LogP contribution in [0, 0.1) is 0 Å². The average Bonchev–Trinajstić information content (AvgIpc) is 2.30. The summed E-state index contributed by atoms with van der Waals surface area (Å²) in [7, 11) is 0. The molecule has 2 aromatic carbocycles. The third-order valence-corrected chi connectivity index (χ3v) is 3.07. The molecule has 0 saturated heterocycles. The van der Waals surface area contributed by atoms with Gasteiger partial charge in [-0.25, -0.2) is 0 Å². The van der Waals surface area contributed by atoms with Crippen molar-refractivity contribution in [2.75, 3.05) is 11.4 Å². The molecule has 0 heterocycles. The van der Waals surface area contributed by atoms with E-state index in [2.05, 4.69) is 43.8 Å². The Bertz CT molecular complexity index is 517. The Morgan fingerprint density at radius 3 is 2.56 bits per heavy atom. The Balaban J connectivity index is 2.63. The predicted molar refractivity (Wildman–Crippen MR) is 78.6 cm³/mol. The van der Waals surface area contributed by atoms with Crippen LogP contribution in [-0.4, -0.2) is 10.9 Å². The lowest BCUT2D eigenvalue weighted by Gasteiger charge is -2.22. The molecular weight excluding hydrogens is 234 g/mol. The highest BCUT2D eigenvalue weighted by Crippen LogP contribution is 2.27. The largest absolute Gasteiger partial charge is 0.327 e. The molecule has 0 aromatic heterocycles. The molecule has 0 aliphatic heterocycles. The van der Waals surface area contributed by atoms with Crippen LogP contribution in [0.2, 0.25) is 0 Å². The van der Waals surface area contributed by atoms with Crippen LogP contribution in [0.25, 0.3) is 10.8 Å². The third kappa shape index (κ3) is 2.06. The second kappa shape index (κ2) is 4.85. The molecule has 0 atom stereocenters. The first kappa shape index (κ1) is 11.4. The van der Waals surface area contributed by atoms with Crippen molar-refractivity contribution in [1.82, 2.24) is 0 Å². The highest BCUT2D eigenvalue weighted by Gasteiger charge is 2.09. The molecular formula is C13H13NS2. The number of hydrogen-bond acceptors (Lipinski definition) is 1. The van der Waals surface area contributed by atoms with Crippen LogP contribution in [-0.2, 0) is 0 Å². The fourth-order valence-corrected chi connectivity index (χ4v) is 2.33. The quantitative estimate of drug-likeness (QED) is 0.633. The van der Waals surface area contributed by atoms with Gasteiger partial charge in [-0.15, -0.1) is 12.6 Å². The van der Waals surface area contributed by atoms with Gasteiger partial charge in [-0.3, -0.25) is 0 Å². The lowest BCUT2D eigenvalue weighted by Crippen LogP contribution is -2.25. The van der Waals surface area contributed by atoms with Crippen molar-refractivity contribution in [3.05, 3.63) is 42.5 Å². The number of thiol groups is 1. The smallest absolute Gasteiger partial charge is 0.137 e. The van der Waals surface area contributed by atoms with E-state index >= 15 is 0 Å². The molecule has 0 aliphatic rings. The van der Waals surface area contributed by atoms with Gasteiger partial charge in [0.2, 0.25) is 0 Å². The van der Waals surface area contributed by atoms with Gasteiger partial charge in [-0.1, -0.05) is 48.6 Å². The van der Waals surface area contributed by atoms with E-state index in [1.54, 1.807) is 0 Å². The van der Waals surface area contributed by atoms with E-state index in [4.69, 9.17) is 12.2 Å². The molecule has 1 nitrogen and oxygen atoms in total. The second-order valence-electron chi connectivity index (χ2n) is 3.53. The van der Waals surface area contributed by atoms with E-state index < -0.39 is 0 Å². The van der Waals surface area contributed by atoms with Crippen LogP contribution in [0.1, 0.15) is 6.92 Å². The van der Waals surface area contributed by atoms with Crippen molar-refractivity contribution in [1.29, 1.82) is 0 Å². The summed E-state index contributed by atoms with van der Waals surface area (Å²) >= 11 is 9.42. The zero-order chi connectivity index (χ0) is 11.5. The molecule has 0 fully saturated rings. The number of hydrogen-bond donors (Lipinski definition) is 1. The molecule has 16 heavy (non-hydrogen) atoms. The minimum Gasteiger partial charge on any atom is -0.327 e. The second-order valence-corrected chi connectivity index (χ2v) is 4.64. The zero-order valence-corrected chi connectivity index (χ0v) is 10.8. The molecule has 3 heteroatoms. The summed E-state index contributed by atoms with van der Waals surface area (Å²) in [6.45, 7) is 2.90. The van der Waals surface area contributed by atoms with Crippen LogP contribution in [0.15, 0.2) is 42.5 Å². The number of anilines is 1. The minimum absolute atomic E-state index is 0.610. The van der Waals surface area contributed by atoms with E-state index in [0.29, 0.717) is 4.32 Å². The van der Waals surface area contributed by atoms with Gasteiger partial charge in [0.05, 0.1) is 5.69 Å². The van der Waals surface area contributed by atoms with Crippen molar-refractivity contribution in [2.45, 2.75) is 6.92 Å². The Morgan fingerprint density at radius 2 is 1.88 bits per heavy atom. The summed E-state index contributed by atoms with van der Waals surface area (Å²) in [5, 5.41) is 2.44. The van der Waals surface area contributed by atoms with Crippen molar-refractivity contribution >= 4 is 45.6 Å². The number of benzene rings is 2. The van der Waals surface area contributed by atoms with Crippen LogP contribution in [0.3, 0.4) is 0 Å². The number of thiocarbonyl (C=S) groups is 1. The van der Waals surface area contributed by atoms with Gasteiger partial charge in [-0.2, -0.15) is 0 Å². The summed E-state index contributed by atoms with van der Waals surface area (Å²) in [6, 6.07) is 14.5. The van der Waals surface area contributed by atoms with Gasteiger partial charge in [0.15, 0.2) is 0 Å². The number of nitrogens with zero attached hydrogens (tertiary/aromatic N) is 1. The highest BCUT2D eigenvalue weighted by molar-refractivity contribution is 8.11. The van der Waals surface area contributed by atoms with Crippen molar-refractivity contribution in [3.8, 4) is 0 Å². The van der Waals surface area contributed by atoms with Gasteiger partial charge in [0.25, 0.3) is 0 Å². The molecule has 0 bridgehead atoms. The molecule has 0 aliphatic carbocycles.